The Kier molecular flexibility index (Phi) is 5.36. The Morgan fingerprint density at radius 2 is 1.96 bits per heavy atom. The Labute approximate surface area is 142 Å². The lowest BCUT2D eigenvalue weighted by molar-refractivity contribution is 0.0773. The molecule has 2 atom stereocenters. The molecule has 2 amide bonds. The molecule has 3 N–H and O–H groups in total. The average Bonchev–Trinajstić information content (AvgIpc) is 2.89. The largest absolute Gasteiger partial charge is 0.465 e. The number of carboxylic acid groups (broad SMARTS) is 1. The van der Waals surface area contributed by atoms with Crippen LogP contribution in [0.5, 0.6) is 0 Å². The van der Waals surface area contributed by atoms with Gasteiger partial charge in [0.2, 0.25) is 0 Å². The minimum Gasteiger partial charge on any atom is -0.465 e. The van der Waals surface area contributed by atoms with Gasteiger partial charge in [-0.15, -0.1) is 0 Å². The molecule has 1 unspecified atom stereocenters. The summed E-state index contributed by atoms with van der Waals surface area (Å²) < 4.78 is 5.34. The van der Waals surface area contributed by atoms with Crippen molar-refractivity contribution in [2.45, 2.75) is 58.2 Å². The summed E-state index contributed by atoms with van der Waals surface area (Å²) in [5.74, 6) is 0. The summed E-state index contributed by atoms with van der Waals surface area (Å²) in [7, 11) is 0. The second kappa shape index (κ2) is 7.11. The number of benzene rings is 1. The van der Waals surface area contributed by atoms with Crippen LogP contribution in [-0.4, -0.2) is 28.9 Å². The van der Waals surface area contributed by atoms with E-state index in [1.54, 1.807) is 0 Å². The summed E-state index contributed by atoms with van der Waals surface area (Å²) in [6.45, 7) is 6.20. The maximum atomic E-state index is 12.3. The molecule has 1 fully saturated rings. The van der Waals surface area contributed by atoms with Gasteiger partial charge in [0.1, 0.15) is 6.61 Å². The van der Waals surface area contributed by atoms with Crippen molar-refractivity contribution in [1.82, 2.24) is 10.6 Å². The number of amides is 2. The smallest absolute Gasteiger partial charge is 0.407 e. The standard InChI is InChI=1S/C18H26N2O4/c1-17(2,3)18(11-7-10-14(18)19-15(21)22)20-16(23)24-12-13-8-5-4-6-9-13/h4-6,8-9,14,19H,7,10-12H2,1-3H3,(H,20,23)(H,21,22)/t14-,18?/m0/s1. The molecule has 24 heavy (non-hydrogen) atoms. The zero-order valence-corrected chi connectivity index (χ0v) is 14.5. The number of carbonyl (C=O) groups excluding carboxylic acids is 1. The number of ether oxygens (including phenoxy) is 1. The molecule has 2 rings (SSSR count). The van der Waals surface area contributed by atoms with E-state index in [9.17, 15) is 9.59 Å². The van der Waals surface area contributed by atoms with Crippen LogP contribution in [0, 0.1) is 5.41 Å². The normalized spacial score (nSPS) is 23.5. The third kappa shape index (κ3) is 3.99. The van der Waals surface area contributed by atoms with Crippen LogP contribution in [0.15, 0.2) is 30.3 Å². The van der Waals surface area contributed by atoms with Gasteiger partial charge >= 0.3 is 12.2 Å². The summed E-state index contributed by atoms with van der Waals surface area (Å²) in [5, 5.41) is 14.6. The molecule has 0 spiro atoms. The van der Waals surface area contributed by atoms with Crippen molar-refractivity contribution in [2.75, 3.05) is 0 Å². The Bertz CT molecular complexity index is 582. The molecule has 0 aliphatic heterocycles. The van der Waals surface area contributed by atoms with Crippen LogP contribution in [0.3, 0.4) is 0 Å². The summed E-state index contributed by atoms with van der Waals surface area (Å²) in [4.78, 5) is 23.5. The van der Waals surface area contributed by atoms with Crippen molar-refractivity contribution in [3.63, 3.8) is 0 Å². The van der Waals surface area contributed by atoms with E-state index in [0.717, 1.165) is 12.0 Å². The minimum atomic E-state index is -1.07. The predicted octanol–water partition coefficient (Wildman–Crippen LogP) is 3.52. The maximum Gasteiger partial charge on any atom is 0.407 e. The molecule has 1 aliphatic carbocycles. The second-order valence-electron chi connectivity index (χ2n) is 7.30. The van der Waals surface area contributed by atoms with Gasteiger partial charge in [-0.05, 0) is 30.2 Å². The quantitative estimate of drug-likeness (QED) is 0.786. The Morgan fingerprint density at radius 1 is 1.29 bits per heavy atom. The summed E-state index contributed by atoms with van der Waals surface area (Å²) in [6.07, 6.45) is 0.661. The van der Waals surface area contributed by atoms with Gasteiger partial charge in [-0.1, -0.05) is 51.1 Å². The molecule has 0 aromatic heterocycles. The van der Waals surface area contributed by atoms with Gasteiger partial charge in [0.15, 0.2) is 0 Å². The average molecular weight is 334 g/mol. The zero-order valence-electron chi connectivity index (χ0n) is 14.5. The fourth-order valence-electron chi connectivity index (χ4n) is 3.53. The van der Waals surface area contributed by atoms with Crippen molar-refractivity contribution >= 4 is 12.2 Å². The van der Waals surface area contributed by atoms with Gasteiger partial charge in [-0.3, -0.25) is 0 Å². The van der Waals surface area contributed by atoms with Crippen molar-refractivity contribution < 1.29 is 19.4 Å². The first-order valence-corrected chi connectivity index (χ1v) is 8.23. The third-order valence-electron chi connectivity index (χ3n) is 4.83. The fourth-order valence-corrected chi connectivity index (χ4v) is 3.53. The van der Waals surface area contributed by atoms with Gasteiger partial charge < -0.3 is 20.5 Å². The van der Waals surface area contributed by atoms with Crippen LogP contribution < -0.4 is 10.6 Å². The van der Waals surface area contributed by atoms with E-state index in [-0.39, 0.29) is 18.1 Å². The number of carbonyl (C=O) groups is 2. The lowest BCUT2D eigenvalue weighted by Gasteiger charge is -2.46. The molecule has 1 aromatic carbocycles. The maximum absolute atomic E-state index is 12.3. The molecule has 0 bridgehead atoms. The molecule has 6 heteroatoms. The molecule has 1 saturated carbocycles. The monoisotopic (exact) mass is 334 g/mol. The molecule has 1 aliphatic rings. The van der Waals surface area contributed by atoms with Gasteiger partial charge in [0.25, 0.3) is 0 Å². The van der Waals surface area contributed by atoms with Crippen LogP contribution in [0.25, 0.3) is 0 Å². The van der Waals surface area contributed by atoms with Crippen LogP contribution in [0.4, 0.5) is 9.59 Å². The first-order chi connectivity index (χ1) is 11.2. The van der Waals surface area contributed by atoms with Crippen molar-refractivity contribution in [3.05, 3.63) is 35.9 Å². The van der Waals surface area contributed by atoms with Crippen LogP contribution in [0.1, 0.15) is 45.6 Å². The number of nitrogens with one attached hydrogen (secondary N) is 2. The molecular formula is C18H26N2O4. The molecule has 0 heterocycles. The number of hydrogen-bond donors (Lipinski definition) is 3. The summed E-state index contributed by atoms with van der Waals surface area (Å²) in [6, 6.07) is 9.11. The molecule has 132 valence electrons. The predicted molar refractivity (Wildman–Crippen MR) is 90.7 cm³/mol. The van der Waals surface area contributed by atoms with Gasteiger partial charge in [-0.25, -0.2) is 9.59 Å². The van der Waals surface area contributed by atoms with E-state index < -0.39 is 17.7 Å². The first kappa shape index (κ1) is 18.1. The SMILES string of the molecule is CC(C)(C)C1(NC(=O)OCc2ccccc2)CCC[C@@H]1NC(=O)O. The van der Waals surface area contributed by atoms with E-state index in [1.165, 1.54) is 0 Å². The minimum absolute atomic E-state index is 0.184. The number of hydrogen-bond acceptors (Lipinski definition) is 3. The fraction of sp³-hybridized carbons (Fsp3) is 0.556. The summed E-state index contributed by atoms with van der Waals surface area (Å²) >= 11 is 0. The Balaban J connectivity index is 2.08. The van der Waals surface area contributed by atoms with Crippen LogP contribution in [-0.2, 0) is 11.3 Å². The Morgan fingerprint density at radius 3 is 2.54 bits per heavy atom. The van der Waals surface area contributed by atoms with Crippen molar-refractivity contribution in [3.8, 4) is 0 Å². The van der Waals surface area contributed by atoms with E-state index in [4.69, 9.17) is 9.84 Å². The van der Waals surface area contributed by atoms with Crippen LogP contribution in [0.2, 0.25) is 0 Å². The summed E-state index contributed by atoms with van der Waals surface area (Å²) in [5.41, 5.74) is -0.0780. The second-order valence-corrected chi connectivity index (χ2v) is 7.30. The molecule has 1 aromatic rings. The first-order valence-electron chi connectivity index (χ1n) is 8.23. The molecule has 6 nitrogen and oxygen atoms in total. The van der Waals surface area contributed by atoms with E-state index in [0.29, 0.717) is 12.8 Å². The van der Waals surface area contributed by atoms with Crippen molar-refractivity contribution in [2.24, 2.45) is 5.41 Å². The molecule has 0 saturated heterocycles. The van der Waals surface area contributed by atoms with E-state index in [2.05, 4.69) is 10.6 Å². The van der Waals surface area contributed by atoms with Crippen molar-refractivity contribution in [1.29, 1.82) is 0 Å². The van der Waals surface area contributed by atoms with Gasteiger partial charge in [-0.2, -0.15) is 0 Å². The lowest BCUT2D eigenvalue weighted by atomic mass is 9.70. The van der Waals surface area contributed by atoms with E-state index >= 15 is 0 Å². The topological polar surface area (TPSA) is 87.7 Å². The van der Waals surface area contributed by atoms with Gasteiger partial charge in [0, 0.05) is 0 Å². The highest BCUT2D eigenvalue weighted by atomic mass is 16.5. The highest BCUT2D eigenvalue weighted by Crippen LogP contribution is 2.43. The lowest BCUT2D eigenvalue weighted by Crippen LogP contribution is -2.65. The van der Waals surface area contributed by atoms with Gasteiger partial charge in [0.05, 0.1) is 11.6 Å². The van der Waals surface area contributed by atoms with E-state index in [1.807, 2.05) is 51.1 Å². The van der Waals surface area contributed by atoms with Crippen LogP contribution >= 0.6 is 0 Å². The Hall–Kier alpha value is -2.24. The zero-order chi connectivity index (χ0) is 17.8. The third-order valence-corrected chi connectivity index (χ3v) is 4.83. The highest BCUT2D eigenvalue weighted by molar-refractivity contribution is 5.70. The molecular weight excluding hydrogens is 308 g/mol. The number of rotatable bonds is 4. The number of alkyl carbamates (subject to hydrolysis) is 1. The highest BCUT2D eigenvalue weighted by Gasteiger charge is 2.52. The molecule has 0 radical (unpaired) electrons.